The second-order valence-electron chi connectivity index (χ2n) is 5.87. The molecule has 2 aromatic carbocycles. The molecule has 0 saturated carbocycles. The Labute approximate surface area is 149 Å². The molecule has 0 fully saturated rings. The van der Waals surface area contributed by atoms with Gasteiger partial charge in [-0.05, 0) is 73.2 Å². The highest BCUT2D eigenvalue weighted by molar-refractivity contribution is 7.91. The van der Waals surface area contributed by atoms with E-state index in [1.807, 2.05) is 12.1 Å². The van der Waals surface area contributed by atoms with Crippen LogP contribution in [0.1, 0.15) is 29.9 Å². The Morgan fingerprint density at radius 1 is 1.17 bits per heavy atom. The zero-order valence-corrected chi connectivity index (χ0v) is 15.2. The molecule has 0 spiro atoms. The number of ether oxygens (including phenoxy) is 1. The van der Waals surface area contributed by atoms with Gasteiger partial charge in [-0.1, -0.05) is 12.1 Å². The molecule has 24 heavy (non-hydrogen) atoms. The Morgan fingerprint density at radius 3 is 2.62 bits per heavy atom. The maximum atomic E-state index is 12.9. The summed E-state index contributed by atoms with van der Waals surface area (Å²) in [6, 6.07) is 12.0. The number of hydrogen-bond acceptors (Lipinski definition) is 4. The van der Waals surface area contributed by atoms with Crippen molar-refractivity contribution in [3.63, 3.8) is 0 Å². The van der Waals surface area contributed by atoms with E-state index in [9.17, 15) is 8.42 Å². The highest BCUT2D eigenvalue weighted by Gasteiger charge is 2.23. The second kappa shape index (κ2) is 7.55. The molecule has 3 rings (SSSR count). The fourth-order valence-electron chi connectivity index (χ4n) is 3.21. The SMILES string of the molecule is COc1cccc(S(=O)(=O)c2ccc3c(c2)CCCC3CN)c1.Cl. The average molecular weight is 368 g/mol. The predicted octanol–water partition coefficient (Wildman–Crippen LogP) is 3.33. The summed E-state index contributed by atoms with van der Waals surface area (Å²) in [4.78, 5) is 0.588. The first-order valence-electron chi connectivity index (χ1n) is 7.78. The van der Waals surface area contributed by atoms with Gasteiger partial charge in [0.2, 0.25) is 9.84 Å². The molecule has 1 atom stereocenters. The maximum Gasteiger partial charge on any atom is 0.206 e. The fraction of sp³-hybridized carbons (Fsp3) is 0.333. The van der Waals surface area contributed by atoms with E-state index < -0.39 is 9.84 Å². The van der Waals surface area contributed by atoms with E-state index >= 15 is 0 Å². The van der Waals surface area contributed by atoms with Crippen molar-refractivity contribution in [2.45, 2.75) is 35.0 Å². The number of methoxy groups -OCH3 is 1. The van der Waals surface area contributed by atoms with Gasteiger partial charge in [0, 0.05) is 0 Å². The van der Waals surface area contributed by atoms with Crippen LogP contribution in [0.4, 0.5) is 0 Å². The lowest BCUT2D eigenvalue weighted by Gasteiger charge is -2.24. The van der Waals surface area contributed by atoms with Crippen LogP contribution in [0.2, 0.25) is 0 Å². The van der Waals surface area contributed by atoms with Gasteiger partial charge in [0.1, 0.15) is 5.75 Å². The van der Waals surface area contributed by atoms with Crippen LogP contribution in [0.15, 0.2) is 52.3 Å². The topological polar surface area (TPSA) is 69.4 Å². The summed E-state index contributed by atoms with van der Waals surface area (Å²) in [7, 11) is -2.02. The van der Waals surface area contributed by atoms with Crippen LogP contribution in [0.25, 0.3) is 0 Å². The lowest BCUT2D eigenvalue weighted by Crippen LogP contribution is -2.18. The molecule has 1 aliphatic rings. The zero-order valence-electron chi connectivity index (χ0n) is 13.6. The molecule has 2 N–H and O–H groups in total. The second-order valence-corrected chi connectivity index (χ2v) is 7.82. The van der Waals surface area contributed by atoms with Crippen molar-refractivity contribution in [2.24, 2.45) is 5.73 Å². The van der Waals surface area contributed by atoms with E-state index in [4.69, 9.17) is 10.5 Å². The number of halogens is 1. The van der Waals surface area contributed by atoms with Gasteiger partial charge in [-0.15, -0.1) is 12.4 Å². The van der Waals surface area contributed by atoms with Crippen LogP contribution in [0.5, 0.6) is 5.75 Å². The van der Waals surface area contributed by atoms with Crippen LogP contribution in [-0.4, -0.2) is 22.1 Å². The molecular formula is C18H22ClNO3S. The summed E-state index contributed by atoms with van der Waals surface area (Å²) < 4.78 is 30.8. The molecule has 1 aliphatic carbocycles. The number of rotatable bonds is 4. The smallest absolute Gasteiger partial charge is 0.206 e. The number of fused-ring (bicyclic) bond motifs is 1. The monoisotopic (exact) mass is 367 g/mol. The lowest BCUT2D eigenvalue weighted by molar-refractivity contribution is 0.413. The molecule has 0 heterocycles. The average Bonchev–Trinajstić information content (AvgIpc) is 2.60. The third-order valence-corrected chi connectivity index (χ3v) is 6.25. The summed E-state index contributed by atoms with van der Waals surface area (Å²) in [5.74, 6) is 0.875. The van der Waals surface area contributed by atoms with Crippen LogP contribution in [-0.2, 0) is 16.3 Å². The van der Waals surface area contributed by atoms with Gasteiger partial charge in [-0.2, -0.15) is 0 Å². The van der Waals surface area contributed by atoms with E-state index in [0.717, 1.165) is 24.8 Å². The van der Waals surface area contributed by atoms with Crippen molar-refractivity contribution in [3.05, 3.63) is 53.6 Å². The quantitative estimate of drug-likeness (QED) is 0.899. The van der Waals surface area contributed by atoms with E-state index in [0.29, 0.717) is 23.1 Å². The zero-order chi connectivity index (χ0) is 16.4. The third-order valence-electron chi connectivity index (χ3n) is 4.50. The summed E-state index contributed by atoms with van der Waals surface area (Å²) in [6.07, 6.45) is 3.04. The van der Waals surface area contributed by atoms with E-state index in [-0.39, 0.29) is 17.3 Å². The highest BCUT2D eigenvalue weighted by atomic mass is 35.5. The van der Waals surface area contributed by atoms with Crippen molar-refractivity contribution in [1.29, 1.82) is 0 Å². The third kappa shape index (κ3) is 3.43. The number of hydrogen-bond donors (Lipinski definition) is 1. The minimum atomic E-state index is -3.54. The van der Waals surface area contributed by atoms with Gasteiger partial charge in [0.25, 0.3) is 0 Å². The van der Waals surface area contributed by atoms with Gasteiger partial charge in [0.05, 0.1) is 16.9 Å². The van der Waals surface area contributed by atoms with Crippen molar-refractivity contribution < 1.29 is 13.2 Å². The van der Waals surface area contributed by atoms with Crippen molar-refractivity contribution in [1.82, 2.24) is 0 Å². The first kappa shape index (κ1) is 18.8. The maximum absolute atomic E-state index is 12.9. The molecule has 0 aliphatic heterocycles. The van der Waals surface area contributed by atoms with Crippen molar-refractivity contribution in [3.8, 4) is 5.75 Å². The van der Waals surface area contributed by atoms with Crippen LogP contribution >= 0.6 is 12.4 Å². The Balaban J connectivity index is 0.00000208. The lowest BCUT2D eigenvalue weighted by atomic mass is 9.83. The number of aryl methyl sites for hydroxylation is 1. The molecule has 0 radical (unpaired) electrons. The van der Waals surface area contributed by atoms with E-state index in [1.54, 1.807) is 30.3 Å². The molecule has 4 nitrogen and oxygen atoms in total. The molecule has 0 bridgehead atoms. The molecule has 2 aromatic rings. The molecule has 0 saturated heterocycles. The largest absolute Gasteiger partial charge is 0.497 e. The number of sulfone groups is 1. The van der Waals surface area contributed by atoms with Crippen molar-refractivity contribution in [2.75, 3.05) is 13.7 Å². The van der Waals surface area contributed by atoms with Gasteiger partial charge in [-0.3, -0.25) is 0 Å². The predicted molar refractivity (Wildman–Crippen MR) is 96.9 cm³/mol. The normalized spacial score (nSPS) is 16.8. The van der Waals surface area contributed by atoms with Gasteiger partial charge in [-0.25, -0.2) is 8.42 Å². The number of nitrogens with two attached hydrogens (primary N) is 1. The summed E-state index contributed by atoms with van der Waals surface area (Å²) in [5, 5.41) is 0. The molecule has 6 heteroatoms. The Hall–Kier alpha value is -1.56. The summed E-state index contributed by atoms with van der Waals surface area (Å²) >= 11 is 0. The molecule has 0 amide bonds. The molecular weight excluding hydrogens is 346 g/mol. The number of benzene rings is 2. The van der Waals surface area contributed by atoms with Crippen molar-refractivity contribution >= 4 is 22.2 Å². The minimum Gasteiger partial charge on any atom is -0.497 e. The Kier molecular flexibility index (Phi) is 5.91. The highest BCUT2D eigenvalue weighted by Crippen LogP contribution is 2.33. The van der Waals surface area contributed by atoms with Gasteiger partial charge >= 0.3 is 0 Å². The van der Waals surface area contributed by atoms with Crippen LogP contribution in [0.3, 0.4) is 0 Å². The Morgan fingerprint density at radius 2 is 1.92 bits per heavy atom. The molecule has 0 aromatic heterocycles. The fourth-order valence-corrected chi connectivity index (χ4v) is 4.55. The molecule has 1 unspecified atom stereocenters. The van der Waals surface area contributed by atoms with Crippen LogP contribution < -0.4 is 10.5 Å². The standard InChI is InChI=1S/C18H21NO3S.ClH/c1-22-15-6-3-7-16(11-15)23(20,21)17-8-9-18-13(10-17)4-2-5-14(18)12-19;/h3,6-11,14H,2,4-5,12,19H2,1H3;1H. The Bertz CT molecular complexity index is 821. The van der Waals surface area contributed by atoms with Gasteiger partial charge < -0.3 is 10.5 Å². The van der Waals surface area contributed by atoms with E-state index in [1.165, 1.54) is 12.7 Å². The summed E-state index contributed by atoms with van der Waals surface area (Å²) in [5.41, 5.74) is 8.14. The van der Waals surface area contributed by atoms with Gasteiger partial charge in [0.15, 0.2) is 0 Å². The molecule has 130 valence electrons. The summed E-state index contributed by atoms with van der Waals surface area (Å²) in [6.45, 7) is 0.606. The van der Waals surface area contributed by atoms with E-state index in [2.05, 4.69) is 0 Å². The first-order chi connectivity index (χ1) is 11.1. The first-order valence-corrected chi connectivity index (χ1v) is 9.26. The minimum absolute atomic E-state index is 0. The van der Waals surface area contributed by atoms with Crippen LogP contribution in [0, 0.1) is 0 Å².